The Morgan fingerprint density at radius 2 is 2.29 bits per heavy atom. The van der Waals surface area contributed by atoms with Crippen molar-refractivity contribution >= 4 is 12.2 Å². The number of ether oxygens (including phenoxy) is 1. The second kappa shape index (κ2) is 5.24. The normalized spacial score (nSPS) is 9.79. The lowest BCUT2D eigenvalue weighted by atomic mass is 10.4. The van der Waals surface area contributed by atoms with Crippen LogP contribution in [0.25, 0.3) is 11.1 Å². The van der Waals surface area contributed by atoms with E-state index in [1.165, 1.54) is 16.8 Å². The van der Waals surface area contributed by atoms with Gasteiger partial charge in [-0.05, 0) is 17.7 Å². The molecule has 0 spiro atoms. The molecule has 0 saturated heterocycles. The Morgan fingerprint density at radius 1 is 1.57 bits per heavy atom. The summed E-state index contributed by atoms with van der Waals surface area (Å²) in [5.41, 5.74) is 4.00. The van der Waals surface area contributed by atoms with E-state index >= 15 is 0 Å². The fraction of sp³-hybridized carbons (Fsp3) is 0.300. The maximum Gasteiger partial charge on any atom is 0.290 e. The van der Waals surface area contributed by atoms with E-state index in [1.54, 1.807) is 7.11 Å². The van der Waals surface area contributed by atoms with Gasteiger partial charge in [0, 0.05) is 24.9 Å². The molecule has 0 aromatic rings. The third-order valence-electron chi connectivity index (χ3n) is 1.87. The zero-order valence-corrected chi connectivity index (χ0v) is 7.99. The highest BCUT2D eigenvalue weighted by atomic mass is 16.5. The van der Waals surface area contributed by atoms with Gasteiger partial charge >= 0.3 is 0 Å². The third kappa shape index (κ3) is 2.74. The van der Waals surface area contributed by atoms with Gasteiger partial charge < -0.3 is 15.2 Å². The van der Waals surface area contributed by atoms with Crippen molar-refractivity contribution < 1.29 is 14.6 Å². The highest BCUT2D eigenvalue weighted by Gasteiger charge is 2.15. The van der Waals surface area contributed by atoms with Gasteiger partial charge in [-0.2, -0.15) is 0 Å². The van der Waals surface area contributed by atoms with E-state index in [9.17, 15) is 0 Å². The highest BCUT2D eigenvalue weighted by molar-refractivity contribution is 5.93. The smallest absolute Gasteiger partial charge is 0.290 e. The van der Waals surface area contributed by atoms with Gasteiger partial charge in [-0.1, -0.05) is 6.07 Å². The first kappa shape index (κ1) is 10.5. The molecule has 0 aromatic carbocycles. The van der Waals surface area contributed by atoms with Crippen LogP contribution in [0.1, 0.15) is 0 Å². The molecule has 0 unspecified atom stereocenters. The second-order valence-electron chi connectivity index (χ2n) is 2.79. The van der Waals surface area contributed by atoms with Gasteiger partial charge in [0.1, 0.15) is 0 Å². The van der Waals surface area contributed by atoms with Crippen molar-refractivity contribution in [2.45, 2.75) is 0 Å². The Bertz CT molecular complexity index is 312. The summed E-state index contributed by atoms with van der Waals surface area (Å²) in [6, 6.07) is 6.42. The minimum absolute atomic E-state index is 0.250. The SMILES string of the molecule is COCCNc1ccc2cc1-2.O=CO. The average Bonchev–Trinajstić information content (AvgIpc) is 2.85. The van der Waals surface area contributed by atoms with Crippen molar-refractivity contribution in [3.05, 3.63) is 18.2 Å². The molecule has 0 heterocycles. The first-order valence-corrected chi connectivity index (χ1v) is 4.28. The number of fused-ring (bicyclic) bond motifs is 1. The summed E-state index contributed by atoms with van der Waals surface area (Å²) >= 11 is 0. The number of hydrogen-bond donors (Lipinski definition) is 2. The van der Waals surface area contributed by atoms with E-state index in [-0.39, 0.29) is 6.47 Å². The Hall–Kier alpha value is -1.55. The fourth-order valence-electron chi connectivity index (χ4n) is 1.20. The van der Waals surface area contributed by atoms with Crippen molar-refractivity contribution in [2.24, 2.45) is 0 Å². The predicted octanol–water partition coefficient (Wildman–Crippen LogP) is 1.43. The molecule has 0 bridgehead atoms. The van der Waals surface area contributed by atoms with Crippen molar-refractivity contribution in [1.29, 1.82) is 0 Å². The Labute approximate surface area is 82.5 Å². The molecule has 0 aliphatic heterocycles. The molecule has 4 heteroatoms. The zero-order chi connectivity index (χ0) is 10.4. The van der Waals surface area contributed by atoms with Crippen LogP contribution in [-0.2, 0) is 9.53 Å². The Morgan fingerprint density at radius 3 is 2.71 bits per heavy atom. The van der Waals surface area contributed by atoms with E-state index < -0.39 is 0 Å². The number of carbonyl (C=O) groups is 1. The molecule has 2 N–H and O–H groups in total. The van der Waals surface area contributed by atoms with Gasteiger partial charge in [-0.3, -0.25) is 4.79 Å². The van der Waals surface area contributed by atoms with Crippen molar-refractivity contribution in [3.63, 3.8) is 0 Å². The lowest BCUT2D eigenvalue weighted by Gasteiger charge is -2.01. The van der Waals surface area contributed by atoms with E-state index in [2.05, 4.69) is 23.5 Å². The molecule has 0 saturated carbocycles. The molecular weight excluding hydrogens is 182 g/mol. The summed E-state index contributed by atoms with van der Waals surface area (Å²) in [7, 11) is 1.71. The average molecular weight is 195 g/mol. The first-order valence-electron chi connectivity index (χ1n) is 4.28. The number of benzene rings is 1. The number of hydrogen-bond acceptors (Lipinski definition) is 3. The minimum atomic E-state index is -0.250. The molecule has 0 fully saturated rings. The third-order valence-corrected chi connectivity index (χ3v) is 1.87. The largest absolute Gasteiger partial charge is 0.483 e. The molecule has 0 atom stereocenters. The van der Waals surface area contributed by atoms with E-state index in [0.717, 1.165) is 13.2 Å². The van der Waals surface area contributed by atoms with Crippen LogP contribution in [0.15, 0.2) is 18.2 Å². The number of carboxylic acid groups (broad SMARTS) is 1. The molecule has 4 nitrogen and oxygen atoms in total. The van der Waals surface area contributed by atoms with Gasteiger partial charge in [0.15, 0.2) is 0 Å². The van der Waals surface area contributed by atoms with E-state index in [1.807, 2.05) is 0 Å². The van der Waals surface area contributed by atoms with Crippen LogP contribution in [0, 0.1) is 0 Å². The van der Waals surface area contributed by atoms with Gasteiger partial charge in [0.2, 0.25) is 0 Å². The quantitative estimate of drug-likeness (QED) is 0.572. The Kier molecular flexibility index (Phi) is 3.94. The van der Waals surface area contributed by atoms with Crippen LogP contribution in [-0.4, -0.2) is 31.8 Å². The van der Waals surface area contributed by atoms with Crippen molar-refractivity contribution in [1.82, 2.24) is 0 Å². The highest BCUT2D eigenvalue weighted by Crippen LogP contribution is 2.41. The molecule has 0 aromatic heterocycles. The van der Waals surface area contributed by atoms with Crippen LogP contribution in [0.5, 0.6) is 0 Å². The monoisotopic (exact) mass is 195 g/mol. The maximum atomic E-state index is 8.36. The number of nitrogens with one attached hydrogen (secondary N) is 1. The van der Waals surface area contributed by atoms with Crippen LogP contribution in [0.4, 0.5) is 5.69 Å². The topological polar surface area (TPSA) is 58.6 Å². The molecule has 14 heavy (non-hydrogen) atoms. The molecular formula is C10H13NO3. The lowest BCUT2D eigenvalue weighted by Crippen LogP contribution is -2.06. The van der Waals surface area contributed by atoms with Gasteiger partial charge in [-0.25, -0.2) is 0 Å². The standard InChI is InChI=1S/C9H11NO.CH2O2/c1-11-5-4-10-9-3-2-7-6-8(7)9;2-1-3/h2-3,6,10H,4-5H2,1H3;1H,(H,2,3). The molecule has 0 radical (unpaired) electrons. The van der Waals surface area contributed by atoms with Crippen LogP contribution < -0.4 is 5.32 Å². The summed E-state index contributed by atoms with van der Waals surface area (Å²) in [5.74, 6) is 0. The maximum absolute atomic E-state index is 8.36. The predicted molar refractivity (Wildman–Crippen MR) is 54.5 cm³/mol. The van der Waals surface area contributed by atoms with Crippen LogP contribution in [0.2, 0.25) is 0 Å². The van der Waals surface area contributed by atoms with E-state index in [4.69, 9.17) is 14.6 Å². The zero-order valence-electron chi connectivity index (χ0n) is 7.99. The second-order valence-corrected chi connectivity index (χ2v) is 2.79. The minimum Gasteiger partial charge on any atom is -0.483 e. The number of rotatable bonds is 4. The van der Waals surface area contributed by atoms with Crippen molar-refractivity contribution in [2.75, 3.05) is 25.6 Å². The van der Waals surface area contributed by atoms with Crippen molar-refractivity contribution in [3.8, 4) is 11.1 Å². The van der Waals surface area contributed by atoms with Crippen LogP contribution >= 0.6 is 0 Å². The first-order chi connectivity index (χ1) is 6.83. The van der Waals surface area contributed by atoms with Gasteiger partial charge in [-0.15, -0.1) is 0 Å². The van der Waals surface area contributed by atoms with Crippen LogP contribution in [0.3, 0.4) is 0 Å². The molecule has 2 aliphatic rings. The number of methoxy groups -OCH3 is 1. The summed E-state index contributed by atoms with van der Waals surface area (Å²) < 4.78 is 4.92. The Balaban J connectivity index is 0.000000293. The summed E-state index contributed by atoms with van der Waals surface area (Å²) in [6.07, 6.45) is 0. The summed E-state index contributed by atoms with van der Waals surface area (Å²) in [5, 5.41) is 10.2. The molecule has 76 valence electrons. The summed E-state index contributed by atoms with van der Waals surface area (Å²) in [4.78, 5) is 8.36. The fourth-order valence-corrected chi connectivity index (χ4v) is 1.20. The van der Waals surface area contributed by atoms with Gasteiger partial charge in [0.25, 0.3) is 6.47 Å². The molecule has 0 amide bonds. The molecule has 2 rings (SSSR count). The number of anilines is 1. The summed E-state index contributed by atoms with van der Waals surface area (Å²) in [6.45, 7) is 1.40. The molecule has 2 aliphatic carbocycles. The van der Waals surface area contributed by atoms with E-state index in [0.29, 0.717) is 0 Å². The van der Waals surface area contributed by atoms with Gasteiger partial charge in [0.05, 0.1) is 6.61 Å². The lowest BCUT2D eigenvalue weighted by molar-refractivity contribution is -0.122.